The van der Waals surface area contributed by atoms with Gasteiger partial charge in [0.25, 0.3) is 0 Å². The number of alkyl halides is 1. The molecule has 0 rings (SSSR count). The van der Waals surface area contributed by atoms with Gasteiger partial charge in [-0.05, 0) is 19.1 Å². The molecule has 0 saturated carbocycles. The molecule has 0 N–H and O–H groups in total. The third-order valence-electron chi connectivity index (χ3n) is 0.891. The Balaban J connectivity index is 3.70. The first-order chi connectivity index (χ1) is 4.35. The molecule has 0 bridgehead atoms. The van der Waals surface area contributed by atoms with Gasteiger partial charge in [0.05, 0.1) is 7.11 Å². The highest BCUT2D eigenvalue weighted by atomic mass is 35.5. The fourth-order valence-corrected chi connectivity index (χ4v) is 0.532. The molecular weight excluding hydrogens is 136 g/mol. The molecule has 0 spiro atoms. The molecule has 2 heteroatoms. The van der Waals surface area contributed by atoms with Crippen LogP contribution in [-0.2, 0) is 4.74 Å². The van der Waals surface area contributed by atoms with Crippen molar-refractivity contribution < 1.29 is 4.74 Å². The summed E-state index contributed by atoms with van der Waals surface area (Å²) >= 11 is 5.39. The lowest BCUT2D eigenvalue weighted by molar-refractivity contribution is 0.306. The van der Waals surface area contributed by atoms with Crippen LogP contribution in [0.25, 0.3) is 0 Å². The minimum absolute atomic E-state index is 0.528. The zero-order chi connectivity index (χ0) is 7.11. The second-order valence-corrected chi connectivity index (χ2v) is 1.76. The van der Waals surface area contributed by atoms with E-state index in [9.17, 15) is 0 Å². The van der Waals surface area contributed by atoms with Crippen LogP contribution in [-0.4, -0.2) is 13.0 Å². The van der Waals surface area contributed by atoms with Gasteiger partial charge in [0.15, 0.2) is 0 Å². The van der Waals surface area contributed by atoms with Crippen LogP contribution in [0.4, 0.5) is 0 Å². The van der Waals surface area contributed by atoms with Gasteiger partial charge < -0.3 is 4.74 Å². The van der Waals surface area contributed by atoms with Crippen LogP contribution in [0.3, 0.4) is 0 Å². The Kier molecular flexibility index (Phi) is 5.43. The van der Waals surface area contributed by atoms with E-state index < -0.39 is 0 Å². The van der Waals surface area contributed by atoms with Gasteiger partial charge in [-0.1, -0.05) is 6.08 Å². The second kappa shape index (κ2) is 5.70. The highest BCUT2D eigenvalue weighted by Crippen LogP contribution is 1.96. The molecule has 0 aliphatic rings. The average molecular weight is 147 g/mol. The summed E-state index contributed by atoms with van der Waals surface area (Å²) in [6, 6.07) is 0. The molecule has 0 atom stereocenters. The summed E-state index contributed by atoms with van der Waals surface area (Å²) < 4.78 is 4.92. The quantitative estimate of drug-likeness (QED) is 0.337. The summed E-state index contributed by atoms with van der Waals surface area (Å²) in [6.45, 7) is 1.91. The van der Waals surface area contributed by atoms with E-state index in [1.165, 1.54) is 0 Å². The molecule has 0 radical (unpaired) electrons. The van der Waals surface area contributed by atoms with Crippen molar-refractivity contribution in [1.82, 2.24) is 0 Å². The SMILES string of the molecule is C/C=C(\C=C/CCl)OC. The second-order valence-electron chi connectivity index (χ2n) is 1.45. The number of ether oxygens (including phenoxy) is 1. The van der Waals surface area contributed by atoms with Crippen molar-refractivity contribution in [3.63, 3.8) is 0 Å². The monoisotopic (exact) mass is 146 g/mol. The van der Waals surface area contributed by atoms with E-state index in [4.69, 9.17) is 16.3 Å². The number of hydrogen-bond donors (Lipinski definition) is 0. The normalized spacial score (nSPS) is 12.6. The molecule has 1 nitrogen and oxygen atoms in total. The highest BCUT2D eigenvalue weighted by molar-refractivity contribution is 6.18. The summed E-state index contributed by atoms with van der Waals surface area (Å²) in [4.78, 5) is 0. The van der Waals surface area contributed by atoms with Gasteiger partial charge in [0.2, 0.25) is 0 Å². The molecule has 0 unspecified atom stereocenters. The van der Waals surface area contributed by atoms with Gasteiger partial charge in [-0.2, -0.15) is 0 Å². The summed E-state index contributed by atoms with van der Waals surface area (Å²) in [6.07, 6.45) is 5.55. The Labute approximate surface area is 61.0 Å². The van der Waals surface area contributed by atoms with E-state index in [1.54, 1.807) is 7.11 Å². The van der Waals surface area contributed by atoms with Gasteiger partial charge in [0.1, 0.15) is 5.76 Å². The Morgan fingerprint density at radius 2 is 2.33 bits per heavy atom. The maximum atomic E-state index is 5.39. The predicted octanol–water partition coefficient (Wildman–Crippen LogP) is 2.33. The lowest BCUT2D eigenvalue weighted by Gasteiger charge is -1.95. The third-order valence-corrected chi connectivity index (χ3v) is 1.07. The standard InChI is InChI=1S/C7H11ClO/c1-3-7(9-2)5-4-6-8/h3-5H,6H2,1-2H3/b5-4-,7-3+. The molecule has 0 amide bonds. The first kappa shape index (κ1) is 8.57. The molecule has 9 heavy (non-hydrogen) atoms. The van der Waals surface area contributed by atoms with E-state index in [1.807, 2.05) is 25.2 Å². The predicted molar refractivity (Wildman–Crippen MR) is 40.6 cm³/mol. The topological polar surface area (TPSA) is 9.23 Å². The van der Waals surface area contributed by atoms with E-state index in [0.717, 1.165) is 5.76 Å². The molecule has 0 saturated heterocycles. The molecular formula is C7H11ClO. The molecule has 0 aromatic heterocycles. The van der Waals surface area contributed by atoms with E-state index >= 15 is 0 Å². The maximum absolute atomic E-state index is 5.39. The lowest BCUT2D eigenvalue weighted by atomic mass is 10.4. The first-order valence-electron chi connectivity index (χ1n) is 2.78. The van der Waals surface area contributed by atoms with Crippen LogP contribution in [0, 0.1) is 0 Å². The van der Waals surface area contributed by atoms with Crippen molar-refractivity contribution in [3.8, 4) is 0 Å². The van der Waals surface area contributed by atoms with Crippen LogP contribution in [0.15, 0.2) is 24.0 Å². The van der Waals surface area contributed by atoms with E-state index in [-0.39, 0.29) is 0 Å². The molecule has 0 heterocycles. The summed E-state index contributed by atoms with van der Waals surface area (Å²) in [5.74, 6) is 1.37. The third kappa shape index (κ3) is 4.10. The molecule has 0 aliphatic carbocycles. The molecule has 0 aromatic rings. The van der Waals surface area contributed by atoms with Crippen molar-refractivity contribution in [2.45, 2.75) is 6.92 Å². The van der Waals surface area contributed by atoms with Crippen molar-refractivity contribution in [2.75, 3.05) is 13.0 Å². The van der Waals surface area contributed by atoms with Crippen LogP contribution in [0.2, 0.25) is 0 Å². The first-order valence-corrected chi connectivity index (χ1v) is 3.31. The van der Waals surface area contributed by atoms with Gasteiger partial charge in [0, 0.05) is 5.88 Å². The zero-order valence-corrected chi connectivity index (χ0v) is 6.48. The van der Waals surface area contributed by atoms with Crippen LogP contribution >= 0.6 is 11.6 Å². The maximum Gasteiger partial charge on any atom is 0.114 e. The largest absolute Gasteiger partial charge is 0.497 e. The van der Waals surface area contributed by atoms with Crippen molar-refractivity contribution in [1.29, 1.82) is 0 Å². The number of hydrogen-bond acceptors (Lipinski definition) is 1. The van der Waals surface area contributed by atoms with E-state index in [2.05, 4.69) is 0 Å². The minimum atomic E-state index is 0.528. The lowest BCUT2D eigenvalue weighted by Crippen LogP contribution is -1.79. The Morgan fingerprint density at radius 3 is 2.67 bits per heavy atom. The molecule has 0 fully saturated rings. The summed E-state index contributed by atoms with van der Waals surface area (Å²) in [5, 5.41) is 0. The van der Waals surface area contributed by atoms with Crippen LogP contribution in [0.1, 0.15) is 6.92 Å². The number of rotatable bonds is 3. The fourth-order valence-electron chi connectivity index (χ4n) is 0.443. The van der Waals surface area contributed by atoms with Crippen LogP contribution in [0.5, 0.6) is 0 Å². The van der Waals surface area contributed by atoms with Crippen molar-refractivity contribution in [2.24, 2.45) is 0 Å². The Morgan fingerprint density at radius 1 is 1.67 bits per heavy atom. The number of methoxy groups -OCH3 is 1. The molecule has 52 valence electrons. The minimum Gasteiger partial charge on any atom is -0.497 e. The van der Waals surface area contributed by atoms with Crippen LogP contribution < -0.4 is 0 Å². The number of allylic oxidation sites excluding steroid dienone is 3. The van der Waals surface area contributed by atoms with E-state index in [0.29, 0.717) is 5.88 Å². The fraction of sp³-hybridized carbons (Fsp3) is 0.429. The van der Waals surface area contributed by atoms with Crippen molar-refractivity contribution >= 4 is 11.6 Å². The smallest absolute Gasteiger partial charge is 0.114 e. The molecule has 0 aromatic carbocycles. The zero-order valence-electron chi connectivity index (χ0n) is 5.73. The van der Waals surface area contributed by atoms with Crippen molar-refractivity contribution in [3.05, 3.63) is 24.0 Å². The Bertz CT molecular complexity index is 116. The highest BCUT2D eigenvalue weighted by Gasteiger charge is 1.81. The number of halogens is 1. The molecule has 0 aliphatic heterocycles. The van der Waals surface area contributed by atoms with Gasteiger partial charge in [-0.15, -0.1) is 11.6 Å². The van der Waals surface area contributed by atoms with Gasteiger partial charge in [-0.25, -0.2) is 0 Å². The Hall–Kier alpha value is -0.430. The summed E-state index contributed by atoms with van der Waals surface area (Å²) in [7, 11) is 1.63. The van der Waals surface area contributed by atoms with Gasteiger partial charge in [-0.3, -0.25) is 0 Å². The average Bonchev–Trinajstić information content (AvgIpc) is 1.91. The van der Waals surface area contributed by atoms with Gasteiger partial charge >= 0.3 is 0 Å². The summed E-state index contributed by atoms with van der Waals surface area (Å²) in [5.41, 5.74) is 0.